The third-order valence-electron chi connectivity index (χ3n) is 5.97. The number of piperidine rings is 1. The molecule has 7 heteroatoms. The highest BCUT2D eigenvalue weighted by Crippen LogP contribution is 2.28. The fraction of sp³-hybridized carbons (Fsp3) is 0.522. The Morgan fingerprint density at radius 3 is 2.60 bits per heavy atom. The van der Waals surface area contributed by atoms with Gasteiger partial charge in [-0.05, 0) is 37.1 Å². The summed E-state index contributed by atoms with van der Waals surface area (Å²) in [5, 5.41) is 3.26. The predicted molar refractivity (Wildman–Crippen MR) is 117 cm³/mol. The van der Waals surface area contributed by atoms with Gasteiger partial charge in [0.2, 0.25) is 5.91 Å². The lowest BCUT2D eigenvalue weighted by Gasteiger charge is -2.35. The molecule has 2 fully saturated rings. The van der Waals surface area contributed by atoms with Crippen molar-refractivity contribution in [1.29, 1.82) is 0 Å². The lowest BCUT2D eigenvalue weighted by molar-refractivity contribution is -0.137. The van der Waals surface area contributed by atoms with Crippen molar-refractivity contribution in [3.63, 3.8) is 0 Å². The van der Waals surface area contributed by atoms with Crippen LogP contribution in [0.2, 0.25) is 0 Å². The number of nitrogens with one attached hydrogen (secondary N) is 1. The fourth-order valence-electron chi connectivity index (χ4n) is 4.27. The van der Waals surface area contributed by atoms with Gasteiger partial charge in [0, 0.05) is 56.5 Å². The maximum absolute atomic E-state index is 12.9. The number of pyridine rings is 2. The van der Waals surface area contributed by atoms with Gasteiger partial charge in [0.05, 0.1) is 13.2 Å². The molecule has 0 radical (unpaired) electrons. The molecule has 2 aromatic heterocycles. The standard InChI is InChI=1S/C23H31N5O2/c1-18(17-27-13-15-30-16-14-27)23(29)28-11-8-19(9-12-28)20-5-4-7-22(25-20)26-21-6-2-3-10-24-21/h2-7,10,18-19H,8-9,11-17H2,1H3,(H,24,25,26)/t18-/m0/s1. The lowest BCUT2D eigenvalue weighted by Crippen LogP contribution is -2.46. The smallest absolute Gasteiger partial charge is 0.226 e. The number of morpholine rings is 1. The number of carbonyl (C=O) groups is 1. The highest BCUT2D eigenvalue weighted by molar-refractivity contribution is 5.78. The van der Waals surface area contributed by atoms with Gasteiger partial charge in [-0.1, -0.05) is 19.1 Å². The van der Waals surface area contributed by atoms with E-state index in [2.05, 4.69) is 28.2 Å². The van der Waals surface area contributed by atoms with Crippen molar-refractivity contribution in [2.24, 2.45) is 5.92 Å². The van der Waals surface area contributed by atoms with Crippen molar-refractivity contribution in [3.05, 3.63) is 48.3 Å². The molecule has 1 amide bonds. The third-order valence-corrected chi connectivity index (χ3v) is 5.97. The van der Waals surface area contributed by atoms with Gasteiger partial charge < -0.3 is 15.0 Å². The molecule has 2 aromatic rings. The van der Waals surface area contributed by atoms with Crippen molar-refractivity contribution < 1.29 is 9.53 Å². The maximum Gasteiger partial charge on any atom is 0.226 e. The summed E-state index contributed by atoms with van der Waals surface area (Å²) in [5.74, 6) is 2.29. The van der Waals surface area contributed by atoms with E-state index in [0.29, 0.717) is 5.92 Å². The SMILES string of the molecule is C[C@@H](CN1CCOCC1)C(=O)N1CCC(c2cccc(Nc3ccccn3)n2)CC1. The molecule has 1 atom stereocenters. The van der Waals surface area contributed by atoms with Crippen molar-refractivity contribution in [3.8, 4) is 0 Å². The van der Waals surface area contributed by atoms with Gasteiger partial charge in [-0.25, -0.2) is 9.97 Å². The van der Waals surface area contributed by atoms with Crippen LogP contribution >= 0.6 is 0 Å². The molecule has 4 rings (SSSR count). The monoisotopic (exact) mass is 409 g/mol. The number of ether oxygens (including phenoxy) is 1. The van der Waals surface area contributed by atoms with E-state index in [4.69, 9.17) is 9.72 Å². The minimum absolute atomic E-state index is 0.0312. The number of carbonyl (C=O) groups excluding carboxylic acids is 1. The third kappa shape index (κ3) is 5.34. The normalized spacial score (nSPS) is 19.4. The Morgan fingerprint density at radius 1 is 1.10 bits per heavy atom. The zero-order valence-corrected chi connectivity index (χ0v) is 17.7. The Hall–Kier alpha value is -2.51. The molecule has 0 spiro atoms. The van der Waals surface area contributed by atoms with Gasteiger partial charge in [0.15, 0.2) is 0 Å². The van der Waals surface area contributed by atoms with E-state index in [-0.39, 0.29) is 11.8 Å². The molecule has 2 saturated heterocycles. The van der Waals surface area contributed by atoms with E-state index in [0.717, 1.165) is 76.1 Å². The van der Waals surface area contributed by atoms with Gasteiger partial charge in [-0.3, -0.25) is 9.69 Å². The maximum atomic E-state index is 12.9. The van der Waals surface area contributed by atoms with Gasteiger partial charge in [0.25, 0.3) is 0 Å². The summed E-state index contributed by atoms with van der Waals surface area (Å²) in [4.78, 5) is 26.4. The van der Waals surface area contributed by atoms with Crippen LogP contribution in [0, 0.1) is 5.92 Å². The largest absolute Gasteiger partial charge is 0.379 e. The van der Waals surface area contributed by atoms with Gasteiger partial charge in [-0.15, -0.1) is 0 Å². The summed E-state index contributed by atoms with van der Waals surface area (Å²) in [7, 11) is 0. The Bertz CT molecular complexity index is 817. The van der Waals surface area contributed by atoms with E-state index in [9.17, 15) is 4.79 Å². The molecule has 0 bridgehead atoms. The van der Waals surface area contributed by atoms with Crippen LogP contribution in [0.4, 0.5) is 11.6 Å². The van der Waals surface area contributed by atoms with Crippen LogP contribution in [0.1, 0.15) is 31.4 Å². The summed E-state index contributed by atoms with van der Waals surface area (Å²) in [6.45, 7) is 7.87. The first kappa shape index (κ1) is 20.8. The van der Waals surface area contributed by atoms with Crippen LogP contribution in [0.15, 0.2) is 42.6 Å². The number of rotatable bonds is 6. The number of nitrogens with zero attached hydrogens (tertiary/aromatic N) is 4. The van der Waals surface area contributed by atoms with Gasteiger partial charge >= 0.3 is 0 Å². The quantitative estimate of drug-likeness (QED) is 0.791. The van der Waals surface area contributed by atoms with Crippen molar-refractivity contribution in [2.45, 2.75) is 25.7 Å². The summed E-state index contributed by atoms with van der Waals surface area (Å²) in [6, 6.07) is 11.9. The summed E-state index contributed by atoms with van der Waals surface area (Å²) >= 11 is 0. The molecule has 30 heavy (non-hydrogen) atoms. The second-order valence-electron chi connectivity index (χ2n) is 8.20. The summed E-state index contributed by atoms with van der Waals surface area (Å²) < 4.78 is 5.40. The van der Waals surface area contributed by atoms with Crippen LogP contribution in [-0.4, -0.2) is 71.6 Å². The molecule has 0 unspecified atom stereocenters. The molecular weight excluding hydrogens is 378 g/mol. The molecule has 2 aliphatic heterocycles. The van der Waals surface area contributed by atoms with Crippen LogP contribution in [0.25, 0.3) is 0 Å². The van der Waals surface area contributed by atoms with Crippen LogP contribution in [0.5, 0.6) is 0 Å². The molecule has 160 valence electrons. The van der Waals surface area contributed by atoms with E-state index < -0.39 is 0 Å². The Labute approximate surface area is 178 Å². The number of hydrogen-bond acceptors (Lipinski definition) is 6. The van der Waals surface area contributed by atoms with E-state index in [1.807, 2.05) is 35.2 Å². The Morgan fingerprint density at radius 2 is 1.87 bits per heavy atom. The topological polar surface area (TPSA) is 70.6 Å². The number of amides is 1. The van der Waals surface area contributed by atoms with E-state index in [1.165, 1.54) is 0 Å². The van der Waals surface area contributed by atoms with Crippen LogP contribution in [0.3, 0.4) is 0 Å². The zero-order chi connectivity index (χ0) is 20.8. The minimum Gasteiger partial charge on any atom is -0.379 e. The Kier molecular flexibility index (Phi) is 6.92. The lowest BCUT2D eigenvalue weighted by atomic mass is 9.92. The number of aromatic nitrogens is 2. The van der Waals surface area contributed by atoms with Gasteiger partial charge in [0.1, 0.15) is 11.6 Å². The zero-order valence-electron chi connectivity index (χ0n) is 17.7. The second kappa shape index (κ2) is 10.00. The predicted octanol–water partition coefficient (Wildman–Crippen LogP) is 2.89. The molecule has 1 N–H and O–H groups in total. The number of likely N-dealkylation sites (tertiary alicyclic amines) is 1. The number of hydrogen-bond donors (Lipinski definition) is 1. The molecule has 0 aromatic carbocycles. The molecule has 7 nitrogen and oxygen atoms in total. The first-order valence-electron chi connectivity index (χ1n) is 10.9. The highest BCUT2D eigenvalue weighted by atomic mass is 16.5. The first-order chi connectivity index (χ1) is 14.7. The number of anilines is 2. The first-order valence-corrected chi connectivity index (χ1v) is 10.9. The highest BCUT2D eigenvalue weighted by Gasteiger charge is 2.28. The Balaban J connectivity index is 1.29. The van der Waals surface area contributed by atoms with Crippen LogP contribution in [-0.2, 0) is 9.53 Å². The van der Waals surface area contributed by atoms with Crippen molar-refractivity contribution >= 4 is 17.5 Å². The minimum atomic E-state index is 0.0312. The average molecular weight is 410 g/mol. The van der Waals surface area contributed by atoms with Crippen molar-refractivity contribution in [1.82, 2.24) is 19.8 Å². The fourth-order valence-corrected chi connectivity index (χ4v) is 4.27. The summed E-state index contributed by atoms with van der Waals surface area (Å²) in [5.41, 5.74) is 1.09. The molecule has 0 saturated carbocycles. The van der Waals surface area contributed by atoms with Crippen LogP contribution < -0.4 is 5.32 Å². The average Bonchev–Trinajstić information content (AvgIpc) is 2.80. The van der Waals surface area contributed by atoms with Gasteiger partial charge in [-0.2, -0.15) is 0 Å². The molecule has 0 aliphatic carbocycles. The van der Waals surface area contributed by atoms with E-state index >= 15 is 0 Å². The van der Waals surface area contributed by atoms with Crippen molar-refractivity contribution in [2.75, 3.05) is 51.3 Å². The summed E-state index contributed by atoms with van der Waals surface area (Å²) in [6.07, 6.45) is 3.67. The molecular formula is C23H31N5O2. The molecule has 4 heterocycles. The second-order valence-corrected chi connectivity index (χ2v) is 8.20. The molecule has 2 aliphatic rings. The van der Waals surface area contributed by atoms with E-state index in [1.54, 1.807) is 6.20 Å².